The molecule has 0 aromatic carbocycles. The molecule has 1 saturated heterocycles. The minimum absolute atomic E-state index is 0.0394. The number of morpholine rings is 1. The maximum absolute atomic E-state index is 11.8. The summed E-state index contributed by atoms with van der Waals surface area (Å²) >= 11 is 0. The summed E-state index contributed by atoms with van der Waals surface area (Å²) in [5.41, 5.74) is 5.63. The van der Waals surface area contributed by atoms with E-state index in [9.17, 15) is 4.79 Å². The number of carbonyl (C=O) groups is 1. The summed E-state index contributed by atoms with van der Waals surface area (Å²) in [5.74, 6) is 0.0394. The lowest BCUT2D eigenvalue weighted by Gasteiger charge is -2.38. The summed E-state index contributed by atoms with van der Waals surface area (Å²) in [4.78, 5) is 13.9. The van der Waals surface area contributed by atoms with Crippen LogP contribution in [-0.4, -0.2) is 55.7 Å². The highest BCUT2D eigenvalue weighted by atomic mass is 16.5. The van der Waals surface area contributed by atoms with Crippen molar-refractivity contribution in [3.8, 4) is 0 Å². The SMILES string of the molecule is CCNC(=O)C1COCCN1C(C)CN. The first-order chi connectivity index (χ1) is 7.20. The molecular formula is C10H21N3O2. The van der Waals surface area contributed by atoms with Crippen molar-refractivity contribution >= 4 is 5.91 Å². The van der Waals surface area contributed by atoms with E-state index in [-0.39, 0.29) is 18.0 Å². The van der Waals surface area contributed by atoms with Crippen molar-refractivity contribution in [2.75, 3.05) is 32.8 Å². The molecule has 1 aliphatic rings. The van der Waals surface area contributed by atoms with Crippen LogP contribution in [-0.2, 0) is 9.53 Å². The van der Waals surface area contributed by atoms with E-state index in [1.165, 1.54) is 0 Å². The fraction of sp³-hybridized carbons (Fsp3) is 0.900. The van der Waals surface area contributed by atoms with Crippen LogP contribution in [0.5, 0.6) is 0 Å². The normalized spacial score (nSPS) is 24.9. The van der Waals surface area contributed by atoms with Crippen molar-refractivity contribution in [1.82, 2.24) is 10.2 Å². The van der Waals surface area contributed by atoms with Crippen molar-refractivity contribution in [2.45, 2.75) is 25.9 Å². The number of amides is 1. The Bertz CT molecular complexity index is 211. The first kappa shape index (κ1) is 12.4. The molecule has 88 valence electrons. The highest BCUT2D eigenvalue weighted by Crippen LogP contribution is 2.10. The Balaban J connectivity index is 2.60. The zero-order valence-electron chi connectivity index (χ0n) is 9.53. The molecule has 0 spiro atoms. The average molecular weight is 215 g/mol. The third-order valence-corrected chi connectivity index (χ3v) is 2.73. The summed E-state index contributed by atoms with van der Waals surface area (Å²) in [6.45, 7) is 7.10. The molecule has 2 atom stereocenters. The quantitative estimate of drug-likeness (QED) is 0.642. The van der Waals surface area contributed by atoms with Gasteiger partial charge in [0.25, 0.3) is 0 Å². The van der Waals surface area contributed by atoms with E-state index in [4.69, 9.17) is 10.5 Å². The molecule has 3 N–H and O–H groups in total. The molecule has 0 aliphatic carbocycles. The van der Waals surface area contributed by atoms with E-state index in [1.807, 2.05) is 13.8 Å². The maximum atomic E-state index is 11.8. The van der Waals surface area contributed by atoms with Gasteiger partial charge in [-0.3, -0.25) is 9.69 Å². The number of hydrogen-bond acceptors (Lipinski definition) is 4. The highest BCUT2D eigenvalue weighted by Gasteiger charge is 2.31. The number of nitrogens with two attached hydrogens (primary N) is 1. The largest absolute Gasteiger partial charge is 0.378 e. The third-order valence-electron chi connectivity index (χ3n) is 2.73. The predicted molar refractivity (Wildman–Crippen MR) is 58.5 cm³/mol. The molecule has 2 unspecified atom stereocenters. The standard InChI is InChI=1S/C10H21N3O2/c1-3-12-10(14)9-7-15-5-4-13(9)8(2)6-11/h8-9H,3-7,11H2,1-2H3,(H,12,14). The van der Waals surface area contributed by atoms with Crippen LogP contribution >= 0.6 is 0 Å². The maximum Gasteiger partial charge on any atom is 0.239 e. The van der Waals surface area contributed by atoms with E-state index in [0.29, 0.717) is 26.3 Å². The second-order valence-corrected chi connectivity index (χ2v) is 3.81. The van der Waals surface area contributed by atoms with Crippen LogP contribution in [0.25, 0.3) is 0 Å². The Morgan fingerprint density at radius 1 is 1.73 bits per heavy atom. The van der Waals surface area contributed by atoms with Crippen LogP contribution in [0.2, 0.25) is 0 Å². The van der Waals surface area contributed by atoms with Gasteiger partial charge in [0.1, 0.15) is 6.04 Å². The Labute approximate surface area is 90.9 Å². The lowest BCUT2D eigenvalue weighted by atomic mass is 10.1. The third kappa shape index (κ3) is 3.15. The Morgan fingerprint density at radius 2 is 2.47 bits per heavy atom. The van der Waals surface area contributed by atoms with Gasteiger partial charge in [-0.25, -0.2) is 0 Å². The molecule has 1 rings (SSSR count). The van der Waals surface area contributed by atoms with E-state index in [0.717, 1.165) is 6.54 Å². The van der Waals surface area contributed by atoms with Crippen LogP contribution in [0.15, 0.2) is 0 Å². The molecule has 1 fully saturated rings. The first-order valence-corrected chi connectivity index (χ1v) is 5.52. The summed E-state index contributed by atoms with van der Waals surface area (Å²) in [6.07, 6.45) is 0. The Morgan fingerprint density at radius 3 is 3.07 bits per heavy atom. The van der Waals surface area contributed by atoms with Crippen molar-refractivity contribution in [3.63, 3.8) is 0 Å². The molecule has 0 aromatic heterocycles. The monoisotopic (exact) mass is 215 g/mol. The van der Waals surface area contributed by atoms with Crippen molar-refractivity contribution < 1.29 is 9.53 Å². The zero-order valence-corrected chi connectivity index (χ0v) is 9.53. The molecule has 0 bridgehead atoms. The second kappa shape index (κ2) is 6.05. The summed E-state index contributed by atoms with van der Waals surface area (Å²) in [5, 5.41) is 2.82. The van der Waals surface area contributed by atoms with Crippen LogP contribution in [0.3, 0.4) is 0 Å². The number of carbonyl (C=O) groups excluding carboxylic acids is 1. The number of hydrogen-bond donors (Lipinski definition) is 2. The van der Waals surface area contributed by atoms with E-state index < -0.39 is 0 Å². The average Bonchev–Trinajstić information content (AvgIpc) is 2.28. The van der Waals surface area contributed by atoms with E-state index in [2.05, 4.69) is 10.2 Å². The van der Waals surface area contributed by atoms with Crippen molar-refractivity contribution in [2.24, 2.45) is 5.73 Å². The highest BCUT2D eigenvalue weighted by molar-refractivity contribution is 5.82. The summed E-state index contributed by atoms with van der Waals surface area (Å²) in [7, 11) is 0. The Kier molecular flexibility index (Phi) is 5.01. The minimum atomic E-state index is -0.183. The van der Waals surface area contributed by atoms with E-state index >= 15 is 0 Å². The predicted octanol–water partition coefficient (Wildman–Crippen LogP) is -0.829. The molecule has 1 heterocycles. The summed E-state index contributed by atoms with van der Waals surface area (Å²) in [6, 6.07) is 0.0405. The van der Waals surface area contributed by atoms with Crippen LogP contribution in [0.4, 0.5) is 0 Å². The van der Waals surface area contributed by atoms with Gasteiger partial charge in [-0.2, -0.15) is 0 Å². The summed E-state index contributed by atoms with van der Waals surface area (Å²) < 4.78 is 5.33. The van der Waals surface area contributed by atoms with Gasteiger partial charge in [0, 0.05) is 25.7 Å². The zero-order chi connectivity index (χ0) is 11.3. The number of nitrogens with one attached hydrogen (secondary N) is 1. The van der Waals surface area contributed by atoms with Gasteiger partial charge in [0.15, 0.2) is 0 Å². The number of ether oxygens (including phenoxy) is 1. The molecule has 5 nitrogen and oxygen atoms in total. The van der Waals surface area contributed by atoms with Crippen LogP contribution < -0.4 is 11.1 Å². The van der Waals surface area contributed by atoms with Gasteiger partial charge < -0.3 is 15.8 Å². The second-order valence-electron chi connectivity index (χ2n) is 3.81. The lowest BCUT2D eigenvalue weighted by molar-refractivity contribution is -0.134. The number of likely N-dealkylation sites (N-methyl/N-ethyl adjacent to an activating group) is 1. The molecule has 1 aliphatic heterocycles. The number of rotatable bonds is 4. The fourth-order valence-corrected chi connectivity index (χ4v) is 1.80. The molecule has 0 radical (unpaired) electrons. The van der Waals surface area contributed by atoms with Gasteiger partial charge in [0.05, 0.1) is 13.2 Å². The lowest BCUT2D eigenvalue weighted by Crippen LogP contribution is -2.58. The van der Waals surface area contributed by atoms with Gasteiger partial charge in [0.2, 0.25) is 5.91 Å². The molecule has 15 heavy (non-hydrogen) atoms. The van der Waals surface area contributed by atoms with Crippen molar-refractivity contribution in [3.05, 3.63) is 0 Å². The van der Waals surface area contributed by atoms with Crippen LogP contribution in [0.1, 0.15) is 13.8 Å². The Hall–Kier alpha value is -0.650. The molecule has 5 heteroatoms. The van der Waals surface area contributed by atoms with Crippen LogP contribution in [0, 0.1) is 0 Å². The minimum Gasteiger partial charge on any atom is -0.378 e. The topological polar surface area (TPSA) is 67.6 Å². The van der Waals surface area contributed by atoms with E-state index in [1.54, 1.807) is 0 Å². The first-order valence-electron chi connectivity index (χ1n) is 5.52. The van der Waals surface area contributed by atoms with Gasteiger partial charge in [-0.05, 0) is 13.8 Å². The van der Waals surface area contributed by atoms with Gasteiger partial charge in [-0.15, -0.1) is 0 Å². The van der Waals surface area contributed by atoms with Crippen molar-refractivity contribution in [1.29, 1.82) is 0 Å². The molecule has 0 aromatic rings. The molecular weight excluding hydrogens is 194 g/mol. The number of nitrogens with zero attached hydrogens (tertiary/aromatic N) is 1. The fourth-order valence-electron chi connectivity index (χ4n) is 1.80. The van der Waals surface area contributed by atoms with Gasteiger partial charge in [-0.1, -0.05) is 0 Å². The molecule has 1 amide bonds. The van der Waals surface area contributed by atoms with Gasteiger partial charge >= 0.3 is 0 Å². The molecule has 0 saturated carbocycles. The smallest absolute Gasteiger partial charge is 0.239 e.